The van der Waals surface area contributed by atoms with Crippen molar-refractivity contribution in [2.45, 2.75) is 18.7 Å². The summed E-state index contributed by atoms with van der Waals surface area (Å²) in [7, 11) is 0. The van der Waals surface area contributed by atoms with Gasteiger partial charge >= 0.3 is 6.36 Å². The third kappa shape index (κ3) is 3.67. The molecule has 0 fully saturated rings. The van der Waals surface area contributed by atoms with E-state index in [-0.39, 0.29) is 23.6 Å². The van der Waals surface area contributed by atoms with Gasteiger partial charge in [0.25, 0.3) is 5.56 Å². The average Bonchev–Trinajstić information content (AvgIpc) is 2.21. The summed E-state index contributed by atoms with van der Waals surface area (Å²) in [6, 6.07) is 2.84. The van der Waals surface area contributed by atoms with Crippen molar-refractivity contribution in [3.8, 4) is 11.8 Å². The third-order valence-electron chi connectivity index (χ3n) is 1.75. The van der Waals surface area contributed by atoms with Crippen LogP contribution in [0.3, 0.4) is 0 Å². The van der Waals surface area contributed by atoms with Crippen LogP contribution in [0.1, 0.15) is 11.3 Å². The molecule has 1 aromatic rings. The van der Waals surface area contributed by atoms with Gasteiger partial charge in [-0.1, -0.05) is 0 Å². The molecule has 17 heavy (non-hydrogen) atoms. The maximum atomic E-state index is 12.0. The van der Waals surface area contributed by atoms with Crippen molar-refractivity contribution in [3.63, 3.8) is 0 Å². The Morgan fingerprint density at radius 3 is 2.65 bits per heavy atom. The number of aromatic amines is 1. The van der Waals surface area contributed by atoms with Gasteiger partial charge in [0.05, 0.1) is 18.4 Å². The predicted octanol–water partition coefficient (Wildman–Crippen LogP) is 2.08. The van der Waals surface area contributed by atoms with E-state index in [2.05, 4.69) is 9.72 Å². The van der Waals surface area contributed by atoms with Gasteiger partial charge in [0, 0.05) is 11.3 Å². The van der Waals surface area contributed by atoms with E-state index in [1.807, 2.05) is 0 Å². The van der Waals surface area contributed by atoms with Gasteiger partial charge in [0.1, 0.15) is 0 Å². The Kier molecular flexibility index (Phi) is 4.02. The van der Waals surface area contributed by atoms with Gasteiger partial charge in [-0.3, -0.25) is 4.79 Å². The van der Waals surface area contributed by atoms with Crippen LogP contribution in [-0.4, -0.2) is 11.3 Å². The molecule has 1 N–H and O–H groups in total. The molecule has 0 radical (unpaired) electrons. The molecule has 1 aromatic heterocycles. The average molecular weight is 267 g/mol. The van der Waals surface area contributed by atoms with Gasteiger partial charge in [-0.25, -0.2) is 0 Å². The summed E-state index contributed by atoms with van der Waals surface area (Å²) >= 11 is 5.44. The standard InChI is InChI=1S/C9H6ClF3N2O2/c10-4-6-3-5(1-2-14)7(8(16)15-6)17-9(11,12)13/h3H,1,4H2,(H,15,16). The third-order valence-corrected chi connectivity index (χ3v) is 2.04. The lowest BCUT2D eigenvalue weighted by atomic mass is 10.1. The van der Waals surface area contributed by atoms with Gasteiger partial charge in [-0.15, -0.1) is 24.8 Å². The topological polar surface area (TPSA) is 65.9 Å². The highest BCUT2D eigenvalue weighted by Gasteiger charge is 2.33. The van der Waals surface area contributed by atoms with Gasteiger partial charge in [-0.05, 0) is 6.07 Å². The lowest BCUT2D eigenvalue weighted by Crippen LogP contribution is -2.24. The van der Waals surface area contributed by atoms with Crippen LogP contribution in [0, 0.1) is 11.3 Å². The van der Waals surface area contributed by atoms with E-state index < -0.39 is 17.7 Å². The molecule has 0 aliphatic carbocycles. The molecule has 4 nitrogen and oxygen atoms in total. The Labute approximate surface area is 98.6 Å². The summed E-state index contributed by atoms with van der Waals surface area (Å²) in [5, 5.41) is 8.46. The number of hydrogen-bond donors (Lipinski definition) is 1. The summed E-state index contributed by atoms with van der Waals surface area (Å²) in [5.41, 5.74) is -0.994. The largest absolute Gasteiger partial charge is 0.573 e. The molecule has 1 heterocycles. The van der Waals surface area contributed by atoms with Crippen molar-refractivity contribution in [2.24, 2.45) is 0 Å². The molecule has 0 spiro atoms. The number of hydrogen-bond acceptors (Lipinski definition) is 3. The molecule has 0 saturated carbocycles. The smallest absolute Gasteiger partial charge is 0.400 e. The maximum absolute atomic E-state index is 12.0. The van der Waals surface area contributed by atoms with Crippen molar-refractivity contribution in [3.05, 3.63) is 27.7 Å². The zero-order valence-corrected chi connectivity index (χ0v) is 9.02. The fourth-order valence-electron chi connectivity index (χ4n) is 1.18. The number of nitrogens with one attached hydrogen (secondary N) is 1. The Morgan fingerprint density at radius 1 is 1.53 bits per heavy atom. The van der Waals surface area contributed by atoms with Crippen LogP contribution < -0.4 is 10.3 Å². The summed E-state index contributed by atoms with van der Waals surface area (Å²) < 4.78 is 39.7. The van der Waals surface area contributed by atoms with E-state index >= 15 is 0 Å². The van der Waals surface area contributed by atoms with Crippen LogP contribution >= 0.6 is 11.6 Å². The number of alkyl halides is 4. The summed E-state index contributed by atoms with van der Waals surface area (Å²) in [5.74, 6) is -1.01. The molecule has 0 saturated heterocycles. The van der Waals surface area contributed by atoms with E-state index in [1.54, 1.807) is 6.07 Å². The number of nitrogens with zero attached hydrogens (tertiary/aromatic N) is 1. The fraction of sp³-hybridized carbons (Fsp3) is 0.333. The number of pyridine rings is 1. The van der Waals surface area contributed by atoms with Crippen LogP contribution in [-0.2, 0) is 12.3 Å². The first-order valence-corrected chi connectivity index (χ1v) is 4.84. The molecule has 0 aliphatic heterocycles. The van der Waals surface area contributed by atoms with E-state index in [4.69, 9.17) is 16.9 Å². The van der Waals surface area contributed by atoms with E-state index in [0.29, 0.717) is 0 Å². The minimum absolute atomic E-state index is 0.0834. The van der Waals surface area contributed by atoms with Crippen molar-refractivity contribution < 1.29 is 17.9 Å². The molecular formula is C9H6ClF3N2O2. The number of nitriles is 1. The normalized spacial score (nSPS) is 11.0. The number of rotatable bonds is 3. The van der Waals surface area contributed by atoms with Gasteiger partial charge < -0.3 is 9.72 Å². The van der Waals surface area contributed by atoms with Crippen LogP contribution in [0.15, 0.2) is 10.9 Å². The Bertz CT molecular complexity index is 504. The fourth-order valence-corrected chi connectivity index (χ4v) is 1.32. The lowest BCUT2D eigenvalue weighted by molar-refractivity contribution is -0.275. The molecule has 0 unspecified atom stereocenters. The van der Waals surface area contributed by atoms with Crippen LogP contribution in [0.2, 0.25) is 0 Å². The second-order valence-electron chi connectivity index (χ2n) is 2.99. The molecule has 0 bridgehead atoms. The quantitative estimate of drug-likeness (QED) is 0.852. The highest BCUT2D eigenvalue weighted by molar-refractivity contribution is 6.16. The van der Waals surface area contributed by atoms with E-state index in [0.717, 1.165) is 0 Å². The molecular weight excluding hydrogens is 261 g/mol. The molecule has 0 atom stereocenters. The van der Waals surface area contributed by atoms with Gasteiger partial charge in [0.15, 0.2) is 5.75 Å². The monoisotopic (exact) mass is 266 g/mol. The molecule has 92 valence electrons. The molecule has 0 aliphatic rings. The minimum Gasteiger partial charge on any atom is -0.400 e. The second-order valence-corrected chi connectivity index (χ2v) is 3.26. The predicted molar refractivity (Wildman–Crippen MR) is 52.6 cm³/mol. The van der Waals surface area contributed by atoms with Crippen LogP contribution in [0.4, 0.5) is 13.2 Å². The molecule has 8 heteroatoms. The highest BCUT2D eigenvalue weighted by Crippen LogP contribution is 2.23. The zero-order chi connectivity index (χ0) is 13.1. The van der Waals surface area contributed by atoms with Crippen LogP contribution in [0.5, 0.6) is 5.75 Å². The van der Waals surface area contributed by atoms with Gasteiger partial charge in [0.2, 0.25) is 0 Å². The SMILES string of the molecule is N#CCc1cc(CCl)[nH]c(=O)c1OC(F)(F)F. The second kappa shape index (κ2) is 5.10. The number of halogens is 4. The summed E-state index contributed by atoms with van der Waals surface area (Å²) in [6.07, 6.45) is -5.36. The number of H-pyrrole nitrogens is 1. The van der Waals surface area contributed by atoms with Crippen molar-refractivity contribution >= 4 is 11.6 Å². The molecule has 1 rings (SSSR count). The van der Waals surface area contributed by atoms with Crippen molar-refractivity contribution in [2.75, 3.05) is 0 Å². The summed E-state index contributed by atoms with van der Waals surface area (Å²) in [6.45, 7) is 0. The molecule has 0 amide bonds. The van der Waals surface area contributed by atoms with Crippen molar-refractivity contribution in [1.29, 1.82) is 5.26 Å². The highest BCUT2D eigenvalue weighted by atomic mass is 35.5. The van der Waals surface area contributed by atoms with E-state index in [1.165, 1.54) is 6.07 Å². The van der Waals surface area contributed by atoms with E-state index in [9.17, 15) is 18.0 Å². The maximum Gasteiger partial charge on any atom is 0.573 e. The Balaban J connectivity index is 3.27. The van der Waals surface area contributed by atoms with Crippen molar-refractivity contribution in [1.82, 2.24) is 4.98 Å². The zero-order valence-electron chi connectivity index (χ0n) is 8.27. The first kappa shape index (κ1) is 13.4. The number of aromatic nitrogens is 1. The summed E-state index contributed by atoms with van der Waals surface area (Å²) in [4.78, 5) is 13.4. The van der Waals surface area contributed by atoms with Crippen LogP contribution in [0.25, 0.3) is 0 Å². The molecule has 0 aromatic carbocycles. The minimum atomic E-state index is -4.99. The van der Waals surface area contributed by atoms with Gasteiger partial charge in [-0.2, -0.15) is 5.26 Å². The Hall–Kier alpha value is -1.68. The number of ether oxygens (including phenoxy) is 1. The Morgan fingerprint density at radius 2 is 2.18 bits per heavy atom. The lowest BCUT2D eigenvalue weighted by Gasteiger charge is -2.11. The first-order chi connectivity index (χ1) is 7.87. The first-order valence-electron chi connectivity index (χ1n) is 4.31.